The topological polar surface area (TPSA) is 64.0 Å². The standard InChI is InChI=1S/C23H19F2N3O2S/c1-26-12-16-9-23(21-7-2-3-8-22(21)25)28(15-16)31(29,30)20-6-4-5-17(11-20)18-10-19(24)14-27-13-18/h2-11,13-15,26H,12H2,1H3. The lowest BCUT2D eigenvalue weighted by Crippen LogP contribution is -2.14. The second-order valence-corrected chi connectivity index (χ2v) is 8.78. The Morgan fingerprint density at radius 3 is 2.52 bits per heavy atom. The van der Waals surface area contributed by atoms with E-state index in [0.29, 0.717) is 23.2 Å². The monoisotopic (exact) mass is 439 g/mol. The van der Waals surface area contributed by atoms with E-state index in [-0.39, 0.29) is 16.2 Å². The van der Waals surface area contributed by atoms with Crippen LogP contribution in [-0.4, -0.2) is 24.4 Å². The van der Waals surface area contributed by atoms with Crippen LogP contribution in [0, 0.1) is 11.6 Å². The van der Waals surface area contributed by atoms with Crippen LogP contribution in [0.1, 0.15) is 5.56 Å². The molecule has 0 radical (unpaired) electrons. The molecule has 158 valence electrons. The number of rotatable bonds is 6. The molecule has 31 heavy (non-hydrogen) atoms. The van der Waals surface area contributed by atoms with Gasteiger partial charge in [-0.05, 0) is 54.6 Å². The molecule has 0 saturated carbocycles. The molecule has 0 spiro atoms. The molecule has 0 bridgehead atoms. The molecule has 0 unspecified atom stereocenters. The normalized spacial score (nSPS) is 11.6. The van der Waals surface area contributed by atoms with E-state index in [1.54, 1.807) is 37.4 Å². The van der Waals surface area contributed by atoms with Crippen LogP contribution in [0.25, 0.3) is 22.4 Å². The third kappa shape index (κ3) is 4.12. The first kappa shape index (κ1) is 20.9. The van der Waals surface area contributed by atoms with Crippen LogP contribution in [0.2, 0.25) is 0 Å². The molecule has 8 heteroatoms. The van der Waals surface area contributed by atoms with Crippen molar-refractivity contribution in [1.29, 1.82) is 0 Å². The van der Waals surface area contributed by atoms with Crippen LogP contribution >= 0.6 is 0 Å². The fourth-order valence-corrected chi connectivity index (χ4v) is 4.82. The van der Waals surface area contributed by atoms with Crippen molar-refractivity contribution in [2.75, 3.05) is 7.05 Å². The lowest BCUT2D eigenvalue weighted by molar-refractivity contribution is 0.587. The highest BCUT2D eigenvalue weighted by Gasteiger charge is 2.23. The minimum absolute atomic E-state index is 0.00143. The van der Waals surface area contributed by atoms with Gasteiger partial charge in [-0.3, -0.25) is 4.98 Å². The lowest BCUT2D eigenvalue weighted by Gasteiger charge is -2.12. The third-order valence-electron chi connectivity index (χ3n) is 4.80. The minimum Gasteiger partial charge on any atom is -0.316 e. The first-order chi connectivity index (χ1) is 14.9. The molecule has 5 nitrogen and oxygen atoms in total. The molecule has 0 aliphatic rings. The minimum atomic E-state index is -4.06. The van der Waals surface area contributed by atoms with Crippen molar-refractivity contribution >= 4 is 10.0 Å². The first-order valence-electron chi connectivity index (χ1n) is 9.47. The molecule has 1 N–H and O–H groups in total. The Morgan fingerprint density at radius 1 is 0.968 bits per heavy atom. The van der Waals surface area contributed by atoms with Gasteiger partial charge in [-0.25, -0.2) is 21.2 Å². The van der Waals surface area contributed by atoms with Crippen molar-refractivity contribution < 1.29 is 17.2 Å². The molecule has 4 rings (SSSR count). The fraction of sp³-hybridized carbons (Fsp3) is 0.0870. The second-order valence-electron chi connectivity index (χ2n) is 6.96. The van der Waals surface area contributed by atoms with E-state index in [9.17, 15) is 17.2 Å². The summed E-state index contributed by atoms with van der Waals surface area (Å²) < 4.78 is 56.2. The summed E-state index contributed by atoms with van der Waals surface area (Å²) in [5, 5.41) is 2.97. The van der Waals surface area contributed by atoms with E-state index in [1.165, 1.54) is 42.7 Å². The maximum atomic E-state index is 14.5. The Morgan fingerprint density at radius 2 is 1.77 bits per heavy atom. The second kappa shape index (κ2) is 8.41. The van der Waals surface area contributed by atoms with Crippen LogP contribution in [0.15, 0.2) is 84.1 Å². The Balaban J connectivity index is 1.86. The average Bonchev–Trinajstić information content (AvgIpc) is 3.19. The van der Waals surface area contributed by atoms with E-state index in [0.717, 1.165) is 10.2 Å². The van der Waals surface area contributed by atoms with Crippen molar-refractivity contribution in [3.05, 3.63) is 96.5 Å². The summed E-state index contributed by atoms with van der Waals surface area (Å²) in [5.74, 6) is -1.04. The van der Waals surface area contributed by atoms with Gasteiger partial charge < -0.3 is 5.32 Å². The van der Waals surface area contributed by atoms with Gasteiger partial charge in [0, 0.05) is 30.1 Å². The largest absolute Gasteiger partial charge is 0.316 e. The van der Waals surface area contributed by atoms with Crippen molar-refractivity contribution in [3.8, 4) is 22.4 Å². The number of hydrogen-bond donors (Lipinski definition) is 1. The molecule has 0 fully saturated rings. The van der Waals surface area contributed by atoms with Crippen LogP contribution in [0.3, 0.4) is 0 Å². The van der Waals surface area contributed by atoms with Gasteiger partial charge in [0.25, 0.3) is 10.0 Å². The number of nitrogens with zero attached hydrogens (tertiary/aromatic N) is 2. The van der Waals surface area contributed by atoms with E-state index >= 15 is 0 Å². The van der Waals surface area contributed by atoms with Gasteiger partial charge in [0.1, 0.15) is 11.6 Å². The Labute approximate surface area is 179 Å². The number of nitrogens with one attached hydrogen (secondary N) is 1. The smallest absolute Gasteiger partial charge is 0.268 e. The highest BCUT2D eigenvalue weighted by molar-refractivity contribution is 7.90. The molecule has 0 aliphatic heterocycles. The Hall–Kier alpha value is -3.36. The van der Waals surface area contributed by atoms with Gasteiger partial charge in [-0.1, -0.05) is 24.3 Å². The number of hydrogen-bond acceptors (Lipinski definition) is 4. The van der Waals surface area contributed by atoms with Crippen molar-refractivity contribution in [2.24, 2.45) is 0 Å². The van der Waals surface area contributed by atoms with Gasteiger partial charge >= 0.3 is 0 Å². The highest BCUT2D eigenvalue weighted by Crippen LogP contribution is 2.30. The maximum absolute atomic E-state index is 14.5. The SMILES string of the molecule is CNCc1cc(-c2ccccc2F)n(S(=O)(=O)c2cccc(-c3cncc(F)c3)c2)c1. The quantitative estimate of drug-likeness (QED) is 0.482. The van der Waals surface area contributed by atoms with Gasteiger partial charge in [-0.2, -0.15) is 0 Å². The summed E-state index contributed by atoms with van der Waals surface area (Å²) in [4.78, 5) is 3.82. The summed E-state index contributed by atoms with van der Waals surface area (Å²) in [6, 6.07) is 15.1. The molecule has 0 amide bonds. The van der Waals surface area contributed by atoms with E-state index < -0.39 is 21.7 Å². The van der Waals surface area contributed by atoms with Gasteiger partial charge in [0.2, 0.25) is 0 Å². The summed E-state index contributed by atoms with van der Waals surface area (Å²) in [6.07, 6.45) is 4.01. The molecule has 0 saturated heterocycles. The fourth-order valence-electron chi connectivity index (χ4n) is 3.38. The summed E-state index contributed by atoms with van der Waals surface area (Å²) in [6.45, 7) is 0.416. The van der Waals surface area contributed by atoms with Gasteiger partial charge in [-0.15, -0.1) is 0 Å². The zero-order valence-electron chi connectivity index (χ0n) is 16.6. The summed E-state index contributed by atoms with van der Waals surface area (Å²) in [5.41, 5.74) is 2.05. The number of pyridine rings is 1. The Bertz CT molecular complexity index is 1350. The number of benzene rings is 2. The molecule has 0 atom stereocenters. The van der Waals surface area contributed by atoms with E-state index in [1.807, 2.05) is 0 Å². The zero-order chi connectivity index (χ0) is 22.0. The molecule has 4 aromatic rings. The van der Waals surface area contributed by atoms with Gasteiger partial charge in [0.05, 0.1) is 16.8 Å². The molecule has 2 heterocycles. The summed E-state index contributed by atoms with van der Waals surface area (Å²) in [7, 11) is -2.32. The molecule has 2 aromatic carbocycles. The number of aromatic nitrogens is 2. The Kier molecular flexibility index (Phi) is 5.67. The molecule has 0 aliphatic carbocycles. The predicted molar refractivity (Wildman–Crippen MR) is 115 cm³/mol. The van der Waals surface area contributed by atoms with Crippen LogP contribution in [-0.2, 0) is 16.6 Å². The molecular formula is C23H19F2N3O2S. The number of halogens is 2. The predicted octanol–water partition coefficient (Wildman–Crippen LogP) is 4.45. The van der Waals surface area contributed by atoms with E-state index in [2.05, 4.69) is 10.3 Å². The van der Waals surface area contributed by atoms with Crippen LogP contribution in [0.5, 0.6) is 0 Å². The lowest BCUT2D eigenvalue weighted by atomic mass is 10.1. The van der Waals surface area contributed by atoms with Crippen molar-refractivity contribution in [3.63, 3.8) is 0 Å². The first-order valence-corrected chi connectivity index (χ1v) is 10.9. The average molecular weight is 439 g/mol. The maximum Gasteiger partial charge on any atom is 0.268 e. The molecular weight excluding hydrogens is 420 g/mol. The van der Waals surface area contributed by atoms with Crippen molar-refractivity contribution in [2.45, 2.75) is 11.4 Å². The van der Waals surface area contributed by atoms with E-state index in [4.69, 9.17) is 0 Å². The van der Waals surface area contributed by atoms with Crippen LogP contribution < -0.4 is 5.32 Å². The highest BCUT2D eigenvalue weighted by atomic mass is 32.2. The van der Waals surface area contributed by atoms with Gasteiger partial charge in [0.15, 0.2) is 0 Å². The van der Waals surface area contributed by atoms with Crippen LogP contribution in [0.4, 0.5) is 8.78 Å². The summed E-state index contributed by atoms with van der Waals surface area (Å²) >= 11 is 0. The third-order valence-corrected chi connectivity index (χ3v) is 6.47. The van der Waals surface area contributed by atoms with Crippen molar-refractivity contribution in [1.82, 2.24) is 14.3 Å². The molecule has 2 aromatic heterocycles. The zero-order valence-corrected chi connectivity index (χ0v) is 17.4.